The number of aryl methyl sites for hydroxylation is 1. The summed E-state index contributed by atoms with van der Waals surface area (Å²) in [5, 5.41) is 0. The van der Waals surface area contributed by atoms with Crippen LogP contribution in [0.3, 0.4) is 0 Å². The van der Waals surface area contributed by atoms with E-state index in [1.165, 1.54) is 12.1 Å². The molecule has 2 rings (SSSR count). The fraction of sp³-hybridized carbons (Fsp3) is 0.455. The number of hydrogen-bond donors (Lipinski definition) is 0. The first-order chi connectivity index (χ1) is 6.89. The third-order valence-electron chi connectivity index (χ3n) is 2.63. The van der Waals surface area contributed by atoms with Gasteiger partial charge in [-0.1, -0.05) is 15.9 Å². The van der Waals surface area contributed by atoms with Crippen LogP contribution in [0.25, 0.3) is 0 Å². The number of hydrogen-bond acceptors (Lipinski definition) is 0. The molecular weight excluding hydrogens is 269 g/mol. The molecule has 82 valence electrons. The minimum absolute atomic E-state index is 0.320. The smallest absolute Gasteiger partial charge is 0.166 e. The maximum Gasteiger partial charge on any atom is 0.416 e. The van der Waals surface area contributed by atoms with Gasteiger partial charge in [0.2, 0.25) is 0 Å². The molecule has 0 aromatic heterocycles. The molecule has 1 aromatic carbocycles. The Kier molecular flexibility index (Phi) is 2.57. The zero-order valence-corrected chi connectivity index (χ0v) is 9.74. The van der Waals surface area contributed by atoms with Gasteiger partial charge in [-0.25, -0.2) is 0 Å². The number of benzene rings is 1. The van der Waals surface area contributed by atoms with E-state index >= 15 is 0 Å². The van der Waals surface area contributed by atoms with E-state index in [4.69, 9.17) is 0 Å². The third kappa shape index (κ3) is 2.19. The predicted octanol–water partition coefficient (Wildman–Crippen LogP) is 4.65. The van der Waals surface area contributed by atoms with Crippen molar-refractivity contribution in [1.29, 1.82) is 0 Å². The van der Waals surface area contributed by atoms with Crippen LogP contribution in [0.4, 0.5) is 13.2 Å². The normalized spacial score (nSPS) is 16.9. The van der Waals surface area contributed by atoms with Crippen LogP contribution in [0.5, 0.6) is 0 Å². The van der Waals surface area contributed by atoms with Gasteiger partial charge in [0.05, 0.1) is 5.56 Å². The van der Waals surface area contributed by atoms with Crippen LogP contribution in [0.2, 0.25) is 0 Å². The lowest BCUT2D eigenvalue weighted by atomic mass is 10.0. The predicted molar refractivity (Wildman–Crippen MR) is 55.9 cm³/mol. The Morgan fingerprint density at radius 2 is 1.87 bits per heavy atom. The second kappa shape index (κ2) is 3.51. The molecule has 1 aliphatic carbocycles. The van der Waals surface area contributed by atoms with Gasteiger partial charge in [0.25, 0.3) is 0 Å². The van der Waals surface area contributed by atoms with Crippen LogP contribution >= 0.6 is 15.9 Å². The van der Waals surface area contributed by atoms with Gasteiger partial charge in [-0.2, -0.15) is 13.2 Å². The van der Waals surface area contributed by atoms with Crippen molar-refractivity contribution >= 4 is 15.9 Å². The summed E-state index contributed by atoms with van der Waals surface area (Å²) in [6.07, 6.45) is -2.24. The summed E-state index contributed by atoms with van der Waals surface area (Å²) in [5.41, 5.74) is 0.930. The molecule has 0 bridgehead atoms. The first-order valence-electron chi connectivity index (χ1n) is 4.77. The molecule has 0 spiro atoms. The van der Waals surface area contributed by atoms with Gasteiger partial charge in [-0.3, -0.25) is 0 Å². The van der Waals surface area contributed by atoms with Crippen LogP contribution in [0.1, 0.15) is 35.4 Å². The minimum Gasteiger partial charge on any atom is -0.166 e. The zero-order chi connectivity index (χ0) is 11.2. The van der Waals surface area contributed by atoms with E-state index in [-0.39, 0.29) is 0 Å². The molecule has 0 amide bonds. The van der Waals surface area contributed by atoms with Crippen molar-refractivity contribution in [2.24, 2.45) is 0 Å². The van der Waals surface area contributed by atoms with E-state index < -0.39 is 11.7 Å². The van der Waals surface area contributed by atoms with Crippen molar-refractivity contribution in [3.05, 3.63) is 33.3 Å². The lowest BCUT2D eigenvalue weighted by molar-refractivity contribution is -0.137. The molecule has 0 radical (unpaired) electrons. The summed E-state index contributed by atoms with van der Waals surface area (Å²) in [4.78, 5) is 0. The standard InChI is InChI=1S/C11H10BrF3/c1-6-4-8(11(13,14)15)5-9(10(6)12)7-2-3-7/h4-5,7H,2-3H2,1H3. The van der Waals surface area contributed by atoms with Crippen LogP contribution in [0.15, 0.2) is 16.6 Å². The zero-order valence-electron chi connectivity index (χ0n) is 8.16. The number of rotatable bonds is 1. The Morgan fingerprint density at radius 1 is 1.27 bits per heavy atom. The molecule has 0 nitrogen and oxygen atoms in total. The number of alkyl halides is 3. The van der Waals surface area contributed by atoms with Gasteiger partial charge in [-0.15, -0.1) is 0 Å². The Balaban J connectivity index is 2.51. The lowest BCUT2D eigenvalue weighted by Gasteiger charge is -2.12. The van der Waals surface area contributed by atoms with Gasteiger partial charge in [-0.05, 0) is 48.9 Å². The number of halogens is 4. The SMILES string of the molecule is Cc1cc(C(F)(F)F)cc(C2CC2)c1Br. The fourth-order valence-corrected chi connectivity index (χ4v) is 2.20. The van der Waals surface area contributed by atoms with Crippen molar-refractivity contribution < 1.29 is 13.2 Å². The molecule has 4 heteroatoms. The fourth-order valence-electron chi connectivity index (χ4n) is 1.65. The minimum atomic E-state index is -4.24. The topological polar surface area (TPSA) is 0 Å². The summed E-state index contributed by atoms with van der Waals surface area (Å²) in [5.74, 6) is 0.320. The quantitative estimate of drug-likeness (QED) is 0.701. The first-order valence-corrected chi connectivity index (χ1v) is 5.56. The highest BCUT2D eigenvalue weighted by Crippen LogP contribution is 2.46. The first kappa shape index (κ1) is 11.0. The van der Waals surface area contributed by atoms with Crippen LogP contribution in [0, 0.1) is 6.92 Å². The van der Waals surface area contributed by atoms with Crippen molar-refractivity contribution in [1.82, 2.24) is 0 Å². The van der Waals surface area contributed by atoms with Gasteiger partial charge in [0.15, 0.2) is 0 Å². The Bertz CT molecular complexity index is 392. The van der Waals surface area contributed by atoms with E-state index in [9.17, 15) is 13.2 Å². The van der Waals surface area contributed by atoms with E-state index in [1.807, 2.05) is 0 Å². The molecule has 0 unspecified atom stereocenters. The molecule has 0 aliphatic heterocycles. The summed E-state index contributed by atoms with van der Waals surface area (Å²) in [6, 6.07) is 2.46. The largest absolute Gasteiger partial charge is 0.416 e. The average Bonchev–Trinajstić information content (AvgIpc) is 2.90. The summed E-state index contributed by atoms with van der Waals surface area (Å²) < 4.78 is 38.5. The van der Waals surface area contributed by atoms with Crippen LogP contribution in [-0.2, 0) is 6.18 Å². The monoisotopic (exact) mass is 278 g/mol. The van der Waals surface area contributed by atoms with Gasteiger partial charge in [0.1, 0.15) is 0 Å². The van der Waals surface area contributed by atoms with Gasteiger partial charge >= 0.3 is 6.18 Å². The van der Waals surface area contributed by atoms with E-state index in [0.29, 0.717) is 11.5 Å². The van der Waals surface area contributed by atoms with E-state index in [2.05, 4.69) is 15.9 Å². The second-order valence-corrected chi connectivity index (χ2v) is 4.76. The maximum atomic E-state index is 12.5. The Morgan fingerprint density at radius 3 is 2.33 bits per heavy atom. The van der Waals surface area contributed by atoms with Crippen molar-refractivity contribution in [2.75, 3.05) is 0 Å². The van der Waals surface area contributed by atoms with Crippen molar-refractivity contribution in [3.8, 4) is 0 Å². The molecule has 0 N–H and O–H groups in total. The molecule has 1 aliphatic rings. The Hall–Kier alpha value is -0.510. The van der Waals surface area contributed by atoms with Gasteiger partial charge < -0.3 is 0 Å². The highest BCUT2D eigenvalue weighted by atomic mass is 79.9. The molecule has 1 fully saturated rings. The van der Waals surface area contributed by atoms with E-state index in [0.717, 1.165) is 22.9 Å². The lowest BCUT2D eigenvalue weighted by Crippen LogP contribution is -2.06. The summed E-state index contributed by atoms with van der Waals surface area (Å²) in [7, 11) is 0. The summed E-state index contributed by atoms with van der Waals surface area (Å²) in [6.45, 7) is 1.70. The van der Waals surface area contributed by atoms with E-state index in [1.54, 1.807) is 6.92 Å². The molecule has 15 heavy (non-hydrogen) atoms. The van der Waals surface area contributed by atoms with Crippen molar-refractivity contribution in [3.63, 3.8) is 0 Å². The molecule has 0 atom stereocenters. The molecular formula is C11H10BrF3. The molecule has 1 aromatic rings. The average molecular weight is 279 g/mol. The van der Waals surface area contributed by atoms with Crippen LogP contribution in [-0.4, -0.2) is 0 Å². The van der Waals surface area contributed by atoms with Gasteiger partial charge in [0, 0.05) is 4.47 Å². The van der Waals surface area contributed by atoms with Crippen LogP contribution < -0.4 is 0 Å². The molecule has 1 saturated carbocycles. The Labute approximate surface area is 94.6 Å². The second-order valence-electron chi connectivity index (χ2n) is 3.97. The highest BCUT2D eigenvalue weighted by molar-refractivity contribution is 9.10. The molecule has 0 saturated heterocycles. The van der Waals surface area contributed by atoms with Crippen molar-refractivity contribution in [2.45, 2.75) is 31.9 Å². The summed E-state index contributed by atoms with van der Waals surface area (Å²) >= 11 is 3.35. The molecule has 0 heterocycles. The third-order valence-corrected chi connectivity index (χ3v) is 3.71. The maximum absolute atomic E-state index is 12.5. The highest BCUT2D eigenvalue weighted by Gasteiger charge is 2.34.